The van der Waals surface area contributed by atoms with Crippen LogP contribution in [-0.4, -0.2) is 252 Å². The number of likely N-dealkylation sites (N-methyl/N-ethyl adjacent to an activating group) is 8. The Balaban J connectivity index is 1.46. The number of hydrogen-bond donors (Lipinski definition) is 3. The topological polar surface area (TPSA) is 270 Å². The van der Waals surface area contributed by atoms with E-state index in [0.29, 0.717) is 64.5 Å². The molecule has 0 bridgehead atoms. The predicted molar refractivity (Wildman–Crippen MR) is 380 cm³/mol. The molecule has 3 N–H and O–H groups in total. The van der Waals surface area contributed by atoms with Gasteiger partial charge in [-0.25, -0.2) is 0 Å². The van der Waals surface area contributed by atoms with Crippen LogP contribution < -0.4 is 16.0 Å². The highest BCUT2D eigenvalue weighted by Gasteiger charge is 2.51. The summed E-state index contributed by atoms with van der Waals surface area (Å²) in [4.78, 5) is 191. The second-order valence-electron chi connectivity index (χ2n) is 30.2. The Labute approximate surface area is 606 Å². The molecule has 2 heterocycles. The molecule has 2 saturated heterocycles. The SMILES string of the molecule is CCC[C@H]1C(=O)NC2(CCCC2)C(=O)N(C)[C@@H](C2CCCCC2)C(=O)N(C)[C@H](C(=O)N2CCCCC2)CC(=O)N(C)[C@@H](CC(C)C)C(=O)N[C@@H]([C@@H](C)CC)C(=O)N(C)CC(=O)N(C)CC(=O)N(C)[C@@H](CC2CCCCC2)C(=O)N(C)CC(=O)N[C@@H](CCc2ccc(C(F)(F)F)c(Cl)c2)C(=O)N1C. The number of carbonyl (C=O) groups excluding carboxylic acids is 12. The van der Waals surface area contributed by atoms with E-state index in [9.17, 15) is 41.9 Å². The Morgan fingerprint density at radius 1 is 0.598 bits per heavy atom. The number of nitrogens with one attached hydrogen (secondary N) is 3. The quantitative estimate of drug-likeness (QED) is 0.179. The molecule has 0 unspecified atom stereocenters. The highest BCUT2D eigenvalue weighted by molar-refractivity contribution is 6.31. The maximum absolute atomic E-state index is 15.9. The Bertz CT molecular complexity index is 3120. The van der Waals surface area contributed by atoms with Crippen LogP contribution in [0.4, 0.5) is 13.2 Å². The summed E-state index contributed by atoms with van der Waals surface area (Å²) in [6.07, 6.45) is 6.85. The van der Waals surface area contributed by atoms with Gasteiger partial charge in [-0.3, -0.25) is 57.5 Å². The molecular weight excluding hydrogens is 1340 g/mol. The van der Waals surface area contributed by atoms with Crippen molar-refractivity contribution in [2.24, 2.45) is 23.7 Å². The van der Waals surface area contributed by atoms with Crippen molar-refractivity contribution in [2.75, 3.05) is 89.1 Å². The maximum Gasteiger partial charge on any atom is 0.417 e. The Hall–Kier alpha value is -7.06. The molecule has 24 nitrogen and oxygen atoms in total. The van der Waals surface area contributed by atoms with E-state index in [1.165, 1.54) is 86.9 Å². The average molecular weight is 1460 g/mol. The number of hydrogen-bond acceptors (Lipinski definition) is 12. The fourth-order valence-electron chi connectivity index (χ4n) is 15.5. The summed E-state index contributed by atoms with van der Waals surface area (Å²) in [5.74, 6) is -8.88. The zero-order valence-electron chi connectivity index (χ0n) is 62.7. The lowest BCUT2D eigenvalue weighted by molar-refractivity contribution is -0.157. The number of halogens is 4. The van der Waals surface area contributed by atoms with Crippen LogP contribution in [0.15, 0.2) is 18.2 Å². The number of nitrogens with zero attached hydrogens (tertiary/aromatic N) is 9. The molecule has 1 aromatic carbocycles. The van der Waals surface area contributed by atoms with E-state index in [1.807, 2.05) is 20.8 Å². The molecule has 0 aromatic heterocycles. The van der Waals surface area contributed by atoms with E-state index in [-0.39, 0.29) is 62.3 Å². The van der Waals surface area contributed by atoms with E-state index in [0.717, 1.165) is 84.6 Å². The number of aryl methyl sites for hydroxylation is 1. The molecule has 102 heavy (non-hydrogen) atoms. The first-order valence-corrected chi connectivity index (χ1v) is 37.6. The van der Waals surface area contributed by atoms with Gasteiger partial charge in [0.05, 0.1) is 36.6 Å². The van der Waals surface area contributed by atoms with Gasteiger partial charge in [-0.1, -0.05) is 129 Å². The van der Waals surface area contributed by atoms with Crippen molar-refractivity contribution in [3.8, 4) is 0 Å². The summed E-state index contributed by atoms with van der Waals surface area (Å²) >= 11 is 6.17. The summed E-state index contributed by atoms with van der Waals surface area (Å²) in [5, 5.41) is 8.17. The fraction of sp³-hybridized carbons (Fsp3) is 0.757. The van der Waals surface area contributed by atoms with E-state index in [1.54, 1.807) is 18.7 Å². The van der Waals surface area contributed by atoms with Gasteiger partial charge in [0.15, 0.2) is 0 Å². The van der Waals surface area contributed by atoms with Gasteiger partial charge >= 0.3 is 6.18 Å². The van der Waals surface area contributed by atoms with Gasteiger partial charge in [0, 0.05) is 69.5 Å². The van der Waals surface area contributed by atoms with Crippen molar-refractivity contribution in [1.82, 2.24) is 60.0 Å². The van der Waals surface area contributed by atoms with Gasteiger partial charge in [0.1, 0.15) is 47.8 Å². The molecule has 5 aliphatic rings. The minimum Gasteiger partial charge on any atom is -0.343 e. The summed E-state index contributed by atoms with van der Waals surface area (Å²) in [6.45, 7) is 8.19. The molecule has 3 saturated carbocycles. The molecule has 2 aliphatic heterocycles. The first kappa shape index (κ1) is 83.9. The molecule has 1 spiro atoms. The molecule has 6 rings (SSSR count). The van der Waals surface area contributed by atoms with Gasteiger partial charge in [-0.15, -0.1) is 0 Å². The first-order valence-electron chi connectivity index (χ1n) is 37.2. The minimum absolute atomic E-state index is 0.0136. The van der Waals surface area contributed by atoms with Crippen LogP contribution in [0.2, 0.25) is 5.02 Å². The second-order valence-corrected chi connectivity index (χ2v) is 30.6. The highest BCUT2D eigenvalue weighted by Crippen LogP contribution is 2.38. The lowest BCUT2D eigenvalue weighted by atomic mass is 9.81. The number of carbonyl (C=O) groups is 12. The average Bonchev–Trinajstić information content (AvgIpc) is 1.39. The number of alkyl halides is 3. The number of benzene rings is 1. The highest BCUT2D eigenvalue weighted by atomic mass is 35.5. The van der Waals surface area contributed by atoms with Crippen LogP contribution in [-0.2, 0) is 70.1 Å². The largest absolute Gasteiger partial charge is 0.417 e. The smallest absolute Gasteiger partial charge is 0.343 e. The summed E-state index contributed by atoms with van der Waals surface area (Å²) < 4.78 is 41.7. The van der Waals surface area contributed by atoms with Gasteiger partial charge in [0.2, 0.25) is 70.9 Å². The standard InChI is InChI=1S/C74H116ClF3N12O12/c1-14-27-55-66(96)81-73(36-23-24-37-73)72(102)89(13)64(51-30-21-17-22-31-51)71(101)88(12)58(69(99)90-38-25-18-26-39-90)43-60(92)85(9)56(40-47(3)4)65(95)80-63(48(5)15-2)70(100)84(8)45-61(93)82(6)46-62(94)86(10)57(42-49-28-19-16-20-29-49)68(98)83(7)44-59(91)79-54(67(97)87(55)11)35-33-50-32-34-52(53(75)41-50)74(76,77)78/h32,34,41,47-49,51,54-58,63-64H,14-31,33,35-40,42-46H2,1-13H3,(H,79,91)(H,80,95)(H,81,96)/t48-,54-,55-,56-,57-,58-,63-,64-/m0/s1. The molecule has 28 heteroatoms. The van der Waals surface area contributed by atoms with Crippen LogP contribution in [0, 0.1) is 23.7 Å². The third kappa shape index (κ3) is 21.8. The van der Waals surface area contributed by atoms with Gasteiger partial charge in [-0.2, -0.15) is 13.2 Å². The first-order chi connectivity index (χ1) is 48.1. The van der Waals surface area contributed by atoms with Crippen LogP contribution >= 0.6 is 11.6 Å². The number of amides is 12. The molecule has 1 aromatic rings. The van der Waals surface area contributed by atoms with Crippen molar-refractivity contribution in [1.29, 1.82) is 0 Å². The Morgan fingerprint density at radius 2 is 1.18 bits per heavy atom. The molecule has 12 amide bonds. The zero-order valence-corrected chi connectivity index (χ0v) is 63.5. The van der Waals surface area contributed by atoms with Crippen LogP contribution in [0.1, 0.15) is 200 Å². The predicted octanol–water partition coefficient (Wildman–Crippen LogP) is 7.06. The lowest BCUT2D eigenvalue weighted by Crippen LogP contribution is -2.65. The third-order valence-electron chi connectivity index (χ3n) is 22.2. The molecule has 3 aliphatic carbocycles. The van der Waals surface area contributed by atoms with Crippen molar-refractivity contribution >= 4 is 82.5 Å². The summed E-state index contributed by atoms with van der Waals surface area (Å²) in [6, 6.07) is -5.71. The fourth-order valence-corrected chi connectivity index (χ4v) is 15.8. The second kappa shape index (κ2) is 38.1. The van der Waals surface area contributed by atoms with Gasteiger partial charge in [0.25, 0.3) is 0 Å². The van der Waals surface area contributed by atoms with Crippen molar-refractivity contribution in [2.45, 2.75) is 249 Å². The number of likely N-dealkylation sites (tertiary alicyclic amines) is 1. The van der Waals surface area contributed by atoms with E-state index in [2.05, 4.69) is 16.0 Å². The Kier molecular flexibility index (Phi) is 31.3. The molecule has 0 radical (unpaired) electrons. The minimum atomic E-state index is -4.77. The third-order valence-corrected chi connectivity index (χ3v) is 22.5. The number of piperidine rings is 1. The maximum atomic E-state index is 15.9. The van der Waals surface area contributed by atoms with Crippen LogP contribution in [0.3, 0.4) is 0 Å². The van der Waals surface area contributed by atoms with Crippen molar-refractivity contribution in [3.63, 3.8) is 0 Å². The van der Waals surface area contributed by atoms with Crippen molar-refractivity contribution < 1.29 is 70.7 Å². The van der Waals surface area contributed by atoms with Crippen molar-refractivity contribution in [3.05, 3.63) is 34.3 Å². The zero-order chi connectivity index (χ0) is 75.7. The van der Waals surface area contributed by atoms with E-state index >= 15 is 28.8 Å². The van der Waals surface area contributed by atoms with Gasteiger partial charge in [-0.05, 0) is 118 Å². The molecule has 572 valence electrons. The normalized spacial score (nSPS) is 26.1. The monoisotopic (exact) mass is 1460 g/mol. The van der Waals surface area contributed by atoms with Gasteiger partial charge < -0.3 is 60.0 Å². The Morgan fingerprint density at radius 3 is 1.75 bits per heavy atom. The van der Waals surface area contributed by atoms with Crippen LogP contribution in [0.5, 0.6) is 0 Å². The summed E-state index contributed by atoms with van der Waals surface area (Å²) in [5.41, 5.74) is -2.38. The lowest BCUT2D eigenvalue weighted by Gasteiger charge is -2.43. The molecule has 5 fully saturated rings. The molecular formula is C74H116ClF3N12O12. The van der Waals surface area contributed by atoms with Crippen LogP contribution in [0.25, 0.3) is 0 Å². The molecule has 8 atom stereocenters. The summed E-state index contributed by atoms with van der Waals surface area (Å²) in [7, 11) is 11.4. The number of rotatable bonds is 13. The van der Waals surface area contributed by atoms with E-state index < -0.39 is 173 Å². The van der Waals surface area contributed by atoms with E-state index in [4.69, 9.17) is 11.6 Å².